The van der Waals surface area contributed by atoms with Crippen molar-refractivity contribution in [1.82, 2.24) is 9.97 Å². The largest absolute Gasteiger partial charge is 0.456 e. The number of carbonyl (C=O) groups is 2. The van der Waals surface area contributed by atoms with Gasteiger partial charge < -0.3 is 15.0 Å². The zero-order valence-electron chi connectivity index (χ0n) is 16.1. The molecule has 4 rings (SSSR count). The predicted molar refractivity (Wildman–Crippen MR) is 114 cm³/mol. The van der Waals surface area contributed by atoms with E-state index in [0.29, 0.717) is 22.4 Å². The Morgan fingerprint density at radius 3 is 2.53 bits per heavy atom. The topological polar surface area (TPSA) is 101 Å². The van der Waals surface area contributed by atoms with Crippen LogP contribution in [0.2, 0.25) is 0 Å². The van der Waals surface area contributed by atoms with Gasteiger partial charge in [-0.2, -0.15) is 0 Å². The van der Waals surface area contributed by atoms with E-state index in [9.17, 15) is 14.4 Å². The molecule has 0 aliphatic heterocycles. The minimum Gasteiger partial charge on any atom is -0.456 e. The number of ether oxygens (including phenoxy) is 1. The number of para-hydroxylation sites is 1. The average molecular weight is 401 g/mol. The summed E-state index contributed by atoms with van der Waals surface area (Å²) in [6.45, 7) is -0.385. The van der Waals surface area contributed by atoms with Gasteiger partial charge in [0.25, 0.3) is 11.5 Å². The SMILES string of the molecule is O=C(COC(=O)CCc1nc2ccccc2c(=O)[nH]1)Nc1cccc2ccccc12. The van der Waals surface area contributed by atoms with Crippen LogP contribution in [0, 0.1) is 0 Å². The van der Waals surface area contributed by atoms with Crippen LogP contribution in [0.15, 0.2) is 71.5 Å². The van der Waals surface area contributed by atoms with Crippen molar-refractivity contribution in [2.24, 2.45) is 0 Å². The number of benzene rings is 3. The molecule has 7 heteroatoms. The second kappa shape index (κ2) is 8.57. The zero-order valence-corrected chi connectivity index (χ0v) is 16.1. The first kappa shape index (κ1) is 19.3. The summed E-state index contributed by atoms with van der Waals surface area (Å²) in [7, 11) is 0. The van der Waals surface area contributed by atoms with E-state index in [2.05, 4.69) is 15.3 Å². The number of hydrogen-bond donors (Lipinski definition) is 2. The Kier molecular flexibility index (Phi) is 5.52. The molecule has 0 bridgehead atoms. The molecular weight excluding hydrogens is 382 g/mol. The summed E-state index contributed by atoms with van der Waals surface area (Å²) < 4.78 is 5.06. The lowest BCUT2D eigenvalue weighted by molar-refractivity contribution is -0.147. The molecule has 7 nitrogen and oxygen atoms in total. The van der Waals surface area contributed by atoms with Crippen LogP contribution in [0.1, 0.15) is 12.2 Å². The lowest BCUT2D eigenvalue weighted by Gasteiger charge is -2.09. The smallest absolute Gasteiger partial charge is 0.306 e. The van der Waals surface area contributed by atoms with Crippen molar-refractivity contribution in [1.29, 1.82) is 0 Å². The van der Waals surface area contributed by atoms with Crippen LogP contribution in [-0.2, 0) is 20.7 Å². The number of rotatable bonds is 6. The monoisotopic (exact) mass is 401 g/mol. The van der Waals surface area contributed by atoms with Crippen LogP contribution in [-0.4, -0.2) is 28.5 Å². The van der Waals surface area contributed by atoms with Crippen molar-refractivity contribution in [3.8, 4) is 0 Å². The number of amides is 1. The molecule has 30 heavy (non-hydrogen) atoms. The molecule has 1 aromatic heterocycles. The summed E-state index contributed by atoms with van der Waals surface area (Å²) in [5.41, 5.74) is 0.976. The fourth-order valence-corrected chi connectivity index (χ4v) is 3.21. The predicted octanol–water partition coefficient (Wildman–Crippen LogP) is 3.19. The molecule has 0 aliphatic rings. The number of aryl methyl sites for hydroxylation is 1. The van der Waals surface area contributed by atoms with Crippen molar-refractivity contribution in [3.63, 3.8) is 0 Å². The molecule has 2 N–H and O–H groups in total. The van der Waals surface area contributed by atoms with Crippen molar-refractivity contribution in [3.05, 3.63) is 82.9 Å². The van der Waals surface area contributed by atoms with Gasteiger partial charge in [-0.1, -0.05) is 48.5 Å². The molecule has 150 valence electrons. The van der Waals surface area contributed by atoms with Gasteiger partial charge >= 0.3 is 5.97 Å². The molecule has 3 aromatic carbocycles. The van der Waals surface area contributed by atoms with Crippen LogP contribution < -0.4 is 10.9 Å². The third-order valence-corrected chi connectivity index (χ3v) is 4.66. The van der Waals surface area contributed by atoms with Crippen molar-refractivity contribution >= 4 is 39.2 Å². The Balaban J connectivity index is 1.31. The Hall–Kier alpha value is -4.00. The van der Waals surface area contributed by atoms with Gasteiger partial charge in [0.2, 0.25) is 0 Å². The van der Waals surface area contributed by atoms with Gasteiger partial charge in [0.1, 0.15) is 5.82 Å². The maximum atomic E-state index is 12.2. The summed E-state index contributed by atoms with van der Waals surface area (Å²) in [5, 5.41) is 5.17. The number of nitrogens with zero attached hydrogens (tertiary/aromatic N) is 1. The normalized spacial score (nSPS) is 10.8. The number of anilines is 1. The van der Waals surface area contributed by atoms with Crippen molar-refractivity contribution in [2.45, 2.75) is 12.8 Å². The molecule has 4 aromatic rings. The molecule has 0 spiro atoms. The second-order valence-electron chi connectivity index (χ2n) is 6.77. The molecule has 0 saturated carbocycles. The molecule has 0 saturated heterocycles. The van der Waals surface area contributed by atoms with Crippen LogP contribution in [0.3, 0.4) is 0 Å². The van der Waals surface area contributed by atoms with E-state index in [1.807, 2.05) is 36.4 Å². The standard InChI is InChI=1S/C23H19N3O4/c27-21(25-18-11-5-7-15-6-1-2-8-16(15)18)14-30-22(28)13-12-20-24-19-10-4-3-9-17(19)23(29)26-20/h1-11H,12-14H2,(H,25,27)(H,24,26,29). The molecule has 0 radical (unpaired) electrons. The van der Waals surface area contributed by atoms with Crippen molar-refractivity contribution in [2.75, 3.05) is 11.9 Å². The van der Waals surface area contributed by atoms with E-state index in [0.717, 1.165) is 10.8 Å². The molecule has 1 heterocycles. The number of aromatic amines is 1. The van der Waals surface area contributed by atoms with Crippen LogP contribution in [0.25, 0.3) is 21.7 Å². The quantitative estimate of drug-likeness (QED) is 0.483. The number of H-pyrrole nitrogens is 1. The summed E-state index contributed by atoms with van der Waals surface area (Å²) in [6.07, 6.45) is 0.215. The van der Waals surface area contributed by atoms with Gasteiger partial charge in [-0.05, 0) is 23.6 Å². The van der Waals surface area contributed by atoms with E-state index in [4.69, 9.17) is 4.74 Å². The first-order chi connectivity index (χ1) is 14.6. The number of aromatic nitrogens is 2. The van der Waals surface area contributed by atoms with Crippen molar-refractivity contribution < 1.29 is 14.3 Å². The number of carbonyl (C=O) groups excluding carboxylic acids is 2. The Bertz CT molecular complexity index is 1290. The van der Waals surface area contributed by atoms with E-state index < -0.39 is 11.9 Å². The molecule has 0 fully saturated rings. The van der Waals surface area contributed by atoms with Crippen LogP contribution in [0.5, 0.6) is 0 Å². The summed E-state index contributed by atoms with van der Waals surface area (Å²) >= 11 is 0. The Labute approximate surface area is 171 Å². The lowest BCUT2D eigenvalue weighted by Crippen LogP contribution is -2.21. The number of hydrogen-bond acceptors (Lipinski definition) is 5. The maximum Gasteiger partial charge on any atom is 0.306 e. The molecule has 0 aliphatic carbocycles. The summed E-state index contributed by atoms with van der Waals surface area (Å²) in [4.78, 5) is 43.3. The maximum absolute atomic E-state index is 12.2. The zero-order chi connectivity index (χ0) is 20.9. The van der Waals surface area contributed by atoms with Gasteiger partial charge in [0.05, 0.1) is 17.3 Å². The van der Waals surface area contributed by atoms with E-state index >= 15 is 0 Å². The fraction of sp³-hybridized carbons (Fsp3) is 0.130. The van der Waals surface area contributed by atoms with Crippen LogP contribution >= 0.6 is 0 Å². The van der Waals surface area contributed by atoms with E-state index in [-0.39, 0.29) is 25.0 Å². The summed E-state index contributed by atoms with van der Waals surface area (Å²) in [5.74, 6) is -0.563. The molecule has 1 amide bonds. The van der Waals surface area contributed by atoms with E-state index in [1.165, 1.54) is 0 Å². The number of esters is 1. The molecule has 0 atom stereocenters. The highest BCUT2D eigenvalue weighted by Gasteiger charge is 2.11. The second-order valence-corrected chi connectivity index (χ2v) is 6.77. The Morgan fingerprint density at radius 1 is 0.933 bits per heavy atom. The highest BCUT2D eigenvalue weighted by molar-refractivity contribution is 6.02. The molecular formula is C23H19N3O4. The van der Waals surface area contributed by atoms with Gasteiger partial charge in [0, 0.05) is 17.5 Å². The van der Waals surface area contributed by atoms with Gasteiger partial charge in [-0.3, -0.25) is 14.4 Å². The Morgan fingerprint density at radius 2 is 1.67 bits per heavy atom. The third kappa shape index (κ3) is 4.35. The van der Waals surface area contributed by atoms with Gasteiger partial charge in [-0.15, -0.1) is 0 Å². The van der Waals surface area contributed by atoms with E-state index in [1.54, 1.807) is 30.3 Å². The molecule has 0 unspecified atom stereocenters. The minimum atomic E-state index is -0.543. The average Bonchev–Trinajstić information content (AvgIpc) is 2.76. The highest BCUT2D eigenvalue weighted by Crippen LogP contribution is 2.22. The first-order valence-corrected chi connectivity index (χ1v) is 9.51. The highest BCUT2D eigenvalue weighted by atomic mass is 16.5. The first-order valence-electron chi connectivity index (χ1n) is 9.51. The number of fused-ring (bicyclic) bond motifs is 2. The van der Waals surface area contributed by atoms with Crippen LogP contribution in [0.4, 0.5) is 5.69 Å². The lowest BCUT2D eigenvalue weighted by atomic mass is 10.1. The minimum absolute atomic E-state index is 0.00281. The van der Waals surface area contributed by atoms with Gasteiger partial charge in [-0.25, -0.2) is 4.98 Å². The fourth-order valence-electron chi connectivity index (χ4n) is 3.21. The third-order valence-electron chi connectivity index (χ3n) is 4.66. The summed E-state index contributed by atoms with van der Waals surface area (Å²) in [6, 6.07) is 20.3. The van der Waals surface area contributed by atoms with Gasteiger partial charge in [0.15, 0.2) is 6.61 Å². The number of nitrogens with one attached hydrogen (secondary N) is 2.